The first-order chi connectivity index (χ1) is 7.98. The highest BCUT2D eigenvalue weighted by atomic mass is 35.5. The molecule has 2 rings (SSSR count). The van der Waals surface area contributed by atoms with Gasteiger partial charge in [0.2, 0.25) is 0 Å². The van der Waals surface area contributed by atoms with Gasteiger partial charge in [0.25, 0.3) is 0 Å². The van der Waals surface area contributed by atoms with Crippen LogP contribution in [0.4, 0.5) is 0 Å². The van der Waals surface area contributed by atoms with E-state index in [1.54, 1.807) is 11.3 Å². The molecule has 98 valence electrons. The summed E-state index contributed by atoms with van der Waals surface area (Å²) < 4.78 is 0. The molecule has 1 heterocycles. The zero-order chi connectivity index (χ0) is 12.5. The van der Waals surface area contributed by atoms with Gasteiger partial charge in [0.1, 0.15) is 0 Å². The Kier molecular flexibility index (Phi) is 4.97. The van der Waals surface area contributed by atoms with E-state index < -0.39 is 0 Å². The minimum Gasteiger partial charge on any atom is -0.320 e. The molecule has 0 saturated heterocycles. The molecule has 1 aromatic carbocycles. The van der Waals surface area contributed by atoms with E-state index >= 15 is 0 Å². The van der Waals surface area contributed by atoms with Crippen LogP contribution in [0.1, 0.15) is 43.5 Å². The van der Waals surface area contributed by atoms with E-state index in [1.807, 2.05) is 0 Å². The molecule has 0 saturated carbocycles. The van der Waals surface area contributed by atoms with Crippen LogP contribution in [0.3, 0.4) is 0 Å². The summed E-state index contributed by atoms with van der Waals surface area (Å²) in [6, 6.07) is 10.7. The molecule has 1 nitrogen and oxygen atoms in total. The number of thiophene rings is 1. The minimum absolute atomic E-state index is 0. The fourth-order valence-electron chi connectivity index (χ4n) is 1.83. The number of nitrogens with two attached hydrogens (primary N) is 1. The smallest absolute Gasteiger partial charge is 0.0559 e. The lowest BCUT2D eigenvalue weighted by atomic mass is 9.86. The Hall–Kier alpha value is -0.830. The van der Waals surface area contributed by atoms with E-state index in [9.17, 15) is 0 Å². The Morgan fingerprint density at radius 1 is 1.00 bits per heavy atom. The molecule has 0 amide bonds. The fourth-order valence-corrected chi connectivity index (χ4v) is 2.53. The van der Waals surface area contributed by atoms with Gasteiger partial charge in [-0.05, 0) is 38.9 Å². The number of benzene rings is 1. The maximum absolute atomic E-state index is 6.23. The lowest BCUT2D eigenvalue weighted by Gasteiger charge is -2.20. The van der Waals surface area contributed by atoms with Gasteiger partial charge >= 0.3 is 0 Å². The number of hydrogen-bond acceptors (Lipinski definition) is 2. The molecule has 0 aliphatic rings. The van der Waals surface area contributed by atoms with Crippen LogP contribution in [-0.4, -0.2) is 0 Å². The van der Waals surface area contributed by atoms with E-state index in [-0.39, 0.29) is 23.9 Å². The van der Waals surface area contributed by atoms with Crippen LogP contribution < -0.4 is 5.73 Å². The summed E-state index contributed by atoms with van der Waals surface area (Å²) in [6.07, 6.45) is 0. The molecule has 18 heavy (non-hydrogen) atoms. The summed E-state index contributed by atoms with van der Waals surface area (Å²) in [6.45, 7) is 6.67. The molecule has 0 unspecified atom stereocenters. The third-order valence-corrected chi connectivity index (χ3v) is 3.74. The zero-order valence-corrected chi connectivity index (χ0v) is 12.6. The molecule has 2 aromatic rings. The van der Waals surface area contributed by atoms with E-state index in [1.165, 1.54) is 16.7 Å². The molecule has 0 radical (unpaired) electrons. The zero-order valence-electron chi connectivity index (χ0n) is 11.0. The average Bonchev–Trinajstić information content (AvgIpc) is 2.80. The molecule has 1 atom stereocenters. The number of hydrogen-bond donors (Lipinski definition) is 1. The molecule has 0 aliphatic carbocycles. The molecule has 0 aliphatic heterocycles. The van der Waals surface area contributed by atoms with Crippen molar-refractivity contribution in [2.75, 3.05) is 0 Å². The quantitative estimate of drug-likeness (QED) is 0.861. The van der Waals surface area contributed by atoms with Crippen LogP contribution in [0.2, 0.25) is 0 Å². The lowest BCUT2D eigenvalue weighted by molar-refractivity contribution is 0.589. The fraction of sp³-hybridized carbons (Fsp3) is 0.333. The van der Waals surface area contributed by atoms with Crippen LogP contribution >= 0.6 is 23.7 Å². The van der Waals surface area contributed by atoms with Gasteiger partial charge in [0.05, 0.1) is 6.04 Å². The van der Waals surface area contributed by atoms with Crippen LogP contribution in [0, 0.1) is 0 Å². The maximum Gasteiger partial charge on any atom is 0.0559 e. The van der Waals surface area contributed by atoms with Crippen molar-refractivity contribution < 1.29 is 0 Å². The number of rotatable bonds is 2. The van der Waals surface area contributed by atoms with Crippen molar-refractivity contribution in [2.45, 2.75) is 32.2 Å². The van der Waals surface area contributed by atoms with Crippen molar-refractivity contribution in [1.29, 1.82) is 0 Å². The summed E-state index contributed by atoms with van der Waals surface area (Å²) >= 11 is 1.69. The summed E-state index contributed by atoms with van der Waals surface area (Å²) in [7, 11) is 0. The second-order valence-corrected chi connectivity index (χ2v) is 6.19. The van der Waals surface area contributed by atoms with Crippen LogP contribution in [0.15, 0.2) is 41.1 Å². The van der Waals surface area contributed by atoms with Crippen molar-refractivity contribution in [2.24, 2.45) is 5.73 Å². The van der Waals surface area contributed by atoms with Crippen molar-refractivity contribution in [1.82, 2.24) is 0 Å². The van der Waals surface area contributed by atoms with Gasteiger partial charge in [0.15, 0.2) is 0 Å². The van der Waals surface area contributed by atoms with Gasteiger partial charge in [-0.2, -0.15) is 11.3 Å². The normalized spacial score (nSPS) is 12.9. The van der Waals surface area contributed by atoms with Crippen molar-refractivity contribution in [3.05, 3.63) is 57.8 Å². The highest BCUT2D eigenvalue weighted by Gasteiger charge is 2.14. The molecule has 0 spiro atoms. The van der Waals surface area contributed by atoms with Gasteiger partial charge in [-0.3, -0.25) is 0 Å². The predicted octanol–water partition coefficient (Wildman–Crippen LogP) is 4.52. The van der Waals surface area contributed by atoms with Gasteiger partial charge < -0.3 is 5.73 Å². The first kappa shape index (κ1) is 15.2. The standard InChI is InChI=1S/C15H19NS.ClH/c1-15(2,3)13-6-4-11(5-7-13)14(16)12-8-9-17-10-12;/h4-10,14H,16H2,1-3H3;1H/t14-;/m0./s1. The van der Waals surface area contributed by atoms with Crippen molar-refractivity contribution in [3.63, 3.8) is 0 Å². The van der Waals surface area contributed by atoms with E-state index in [0.29, 0.717) is 0 Å². The second-order valence-electron chi connectivity index (χ2n) is 5.41. The summed E-state index contributed by atoms with van der Waals surface area (Å²) in [5.74, 6) is 0. The maximum atomic E-state index is 6.23. The third kappa shape index (κ3) is 3.35. The first-order valence-electron chi connectivity index (χ1n) is 5.86. The average molecular weight is 282 g/mol. The highest BCUT2D eigenvalue weighted by Crippen LogP contribution is 2.26. The van der Waals surface area contributed by atoms with Gasteiger partial charge in [0, 0.05) is 0 Å². The molecule has 0 fully saturated rings. The van der Waals surface area contributed by atoms with E-state index in [4.69, 9.17) is 5.73 Å². The predicted molar refractivity (Wildman–Crippen MR) is 82.7 cm³/mol. The van der Waals surface area contributed by atoms with Crippen LogP contribution in [0.5, 0.6) is 0 Å². The largest absolute Gasteiger partial charge is 0.320 e. The summed E-state index contributed by atoms with van der Waals surface area (Å²) in [4.78, 5) is 0. The monoisotopic (exact) mass is 281 g/mol. The van der Waals surface area contributed by atoms with Gasteiger partial charge in [-0.25, -0.2) is 0 Å². The van der Waals surface area contributed by atoms with Crippen LogP contribution in [-0.2, 0) is 5.41 Å². The van der Waals surface area contributed by atoms with Crippen molar-refractivity contribution in [3.8, 4) is 0 Å². The second kappa shape index (κ2) is 5.87. The third-order valence-electron chi connectivity index (χ3n) is 3.04. The molecule has 0 bridgehead atoms. The Labute approximate surface area is 119 Å². The van der Waals surface area contributed by atoms with E-state index in [2.05, 4.69) is 61.9 Å². The summed E-state index contributed by atoms with van der Waals surface area (Å²) in [5.41, 5.74) is 10.1. The first-order valence-corrected chi connectivity index (χ1v) is 6.81. The van der Waals surface area contributed by atoms with Gasteiger partial charge in [-0.15, -0.1) is 12.4 Å². The molecule has 2 N–H and O–H groups in total. The lowest BCUT2D eigenvalue weighted by Crippen LogP contribution is -2.13. The SMILES string of the molecule is CC(C)(C)c1ccc([C@H](N)c2ccsc2)cc1.Cl. The molecular weight excluding hydrogens is 262 g/mol. The number of halogens is 1. The molecule has 3 heteroatoms. The Bertz CT molecular complexity index is 468. The highest BCUT2D eigenvalue weighted by molar-refractivity contribution is 7.08. The minimum atomic E-state index is -0.00438. The topological polar surface area (TPSA) is 26.0 Å². The Balaban J connectivity index is 0.00000162. The molecule has 1 aromatic heterocycles. The van der Waals surface area contributed by atoms with Gasteiger partial charge in [-0.1, -0.05) is 45.0 Å². The summed E-state index contributed by atoms with van der Waals surface area (Å²) in [5, 5.41) is 4.18. The van der Waals surface area contributed by atoms with Crippen LogP contribution in [0.25, 0.3) is 0 Å². The Morgan fingerprint density at radius 2 is 1.61 bits per heavy atom. The Morgan fingerprint density at radius 3 is 2.06 bits per heavy atom. The molecular formula is C15H20ClNS. The van der Waals surface area contributed by atoms with Crippen molar-refractivity contribution >= 4 is 23.7 Å². The van der Waals surface area contributed by atoms with E-state index in [0.717, 1.165) is 0 Å².